The third-order valence-corrected chi connectivity index (χ3v) is 4.30. The zero-order valence-electron chi connectivity index (χ0n) is 15.7. The van der Waals surface area contributed by atoms with Crippen LogP contribution in [-0.4, -0.2) is 45.6 Å². The van der Waals surface area contributed by atoms with Crippen molar-refractivity contribution in [1.82, 2.24) is 4.98 Å². The van der Waals surface area contributed by atoms with E-state index in [1.165, 1.54) is 13.2 Å². The topological polar surface area (TPSA) is 99.9 Å². The quantitative estimate of drug-likeness (QED) is 0.389. The molecule has 0 amide bonds. The molecule has 146 valence electrons. The van der Waals surface area contributed by atoms with Gasteiger partial charge in [0.25, 0.3) is 0 Å². The number of carbonyl (C=O) groups is 1. The Balaban J connectivity index is 2.62. The Kier molecular flexibility index (Phi) is 10.8. The van der Waals surface area contributed by atoms with Crippen LogP contribution in [0.5, 0.6) is 0 Å². The number of aromatic nitrogens is 1. The summed E-state index contributed by atoms with van der Waals surface area (Å²) in [7, 11) is 1.32. The minimum absolute atomic E-state index is 0.209. The Morgan fingerprint density at radius 2 is 2.00 bits per heavy atom. The summed E-state index contributed by atoms with van der Waals surface area (Å²) < 4.78 is 4.54. The van der Waals surface area contributed by atoms with Crippen molar-refractivity contribution in [2.24, 2.45) is 0 Å². The standard InChI is InChI=1S/C20H31NO5/c1-3-4-5-7-17(22)16-12-13-21-14-15(16)10-11-19(24)18(23)8-6-9-20(25)26-2/h10-14,17-19,22-24H,3-9H2,1-2H3/b11-10+/t17-,18+,19-/m1/s1. The van der Waals surface area contributed by atoms with Crippen molar-refractivity contribution in [2.75, 3.05) is 7.11 Å². The van der Waals surface area contributed by atoms with Crippen molar-refractivity contribution in [2.45, 2.75) is 70.2 Å². The van der Waals surface area contributed by atoms with Gasteiger partial charge in [0.1, 0.15) is 0 Å². The van der Waals surface area contributed by atoms with Gasteiger partial charge in [-0.2, -0.15) is 0 Å². The first kappa shape index (κ1) is 22.3. The first-order valence-electron chi connectivity index (χ1n) is 9.22. The Morgan fingerprint density at radius 3 is 2.69 bits per heavy atom. The third-order valence-electron chi connectivity index (χ3n) is 4.30. The molecule has 3 N–H and O–H groups in total. The minimum atomic E-state index is -1.06. The molecule has 3 atom stereocenters. The van der Waals surface area contributed by atoms with Crippen LogP contribution in [0.25, 0.3) is 6.08 Å². The molecule has 0 unspecified atom stereocenters. The minimum Gasteiger partial charge on any atom is -0.469 e. The molecule has 0 spiro atoms. The van der Waals surface area contributed by atoms with Gasteiger partial charge in [-0.25, -0.2) is 0 Å². The van der Waals surface area contributed by atoms with Crippen LogP contribution in [0.4, 0.5) is 0 Å². The lowest BCUT2D eigenvalue weighted by atomic mass is 9.98. The molecule has 0 aliphatic heterocycles. The highest BCUT2D eigenvalue weighted by molar-refractivity contribution is 5.69. The SMILES string of the molecule is CCCCC[C@@H](O)c1ccncc1/C=C/[C@@H](O)[C@@H](O)CCCC(=O)OC. The Labute approximate surface area is 155 Å². The van der Waals surface area contributed by atoms with E-state index in [9.17, 15) is 20.1 Å². The molecular formula is C20H31NO5. The lowest BCUT2D eigenvalue weighted by molar-refractivity contribution is -0.140. The lowest BCUT2D eigenvalue weighted by Crippen LogP contribution is -2.23. The highest BCUT2D eigenvalue weighted by Gasteiger charge is 2.15. The van der Waals surface area contributed by atoms with Crippen molar-refractivity contribution in [3.63, 3.8) is 0 Å². The van der Waals surface area contributed by atoms with E-state index in [-0.39, 0.29) is 12.4 Å². The molecule has 0 aromatic carbocycles. The summed E-state index contributed by atoms with van der Waals surface area (Å²) >= 11 is 0. The molecule has 1 rings (SSSR count). The molecule has 0 bridgehead atoms. The first-order valence-corrected chi connectivity index (χ1v) is 9.22. The van der Waals surface area contributed by atoms with Crippen LogP contribution >= 0.6 is 0 Å². The molecule has 6 nitrogen and oxygen atoms in total. The molecule has 0 saturated carbocycles. The maximum absolute atomic E-state index is 11.1. The number of nitrogens with zero attached hydrogens (tertiary/aromatic N) is 1. The number of esters is 1. The maximum atomic E-state index is 11.1. The monoisotopic (exact) mass is 365 g/mol. The van der Waals surface area contributed by atoms with E-state index in [2.05, 4.69) is 16.6 Å². The van der Waals surface area contributed by atoms with E-state index in [4.69, 9.17) is 0 Å². The summed E-state index contributed by atoms with van der Waals surface area (Å²) in [6.07, 6.45) is 8.55. The number of aliphatic hydroxyl groups is 3. The second-order valence-electron chi connectivity index (χ2n) is 6.40. The Hall–Kier alpha value is -1.76. The van der Waals surface area contributed by atoms with Gasteiger partial charge in [-0.1, -0.05) is 38.3 Å². The van der Waals surface area contributed by atoms with Gasteiger partial charge in [0.05, 0.1) is 25.4 Å². The zero-order chi connectivity index (χ0) is 19.4. The largest absolute Gasteiger partial charge is 0.469 e. The second kappa shape index (κ2) is 12.6. The van der Waals surface area contributed by atoms with E-state index < -0.39 is 18.3 Å². The highest BCUT2D eigenvalue weighted by Crippen LogP contribution is 2.24. The molecule has 0 radical (unpaired) electrons. The van der Waals surface area contributed by atoms with E-state index in [0.29, 0.717) is 19.3 Å². The van der Waals surface area contributed by atoms with Crippen LogP contribution in [0.2, 0.25) is 0 Å². The van der Waals surface area contributed by atoms with E-state index in [0.717, 1.165) is 30.4 Å². The van der Waals surface area contributed by atoms with Crippen molar-refractivity contribution in [1.29, 1.82) is 0 Å². The molecule has 1 heterocycles. The Bertz CT molecular complexity index is 561. The van der Waals surface area contributed by atoms with Crippen LogP contribution < -0.4 is 0 Å². The number of pyridine rings is 1. The average Bonchev–Trinajstić information content (AvgIpc) is 2.66. The van der Waals surface area contributed by atoms with Gasteiger partial charge in [0, 0.05) is 18.8 Å². The fourth-order valence-electron chi connectivity index (χ4n) is 2.66. The molecule has 6 heteroatoms. The van der Waals surface area contributed by atoms with Crippen LogP contribution in [-0.2, 0) is 9.53 Å². The summed E-state index contributed by atoms with van der Waals surface area (Å²) in [6.45, 7) is 2.12. The number of hydrogen-bond acceptors (Lipinski definition) is 6. The summed E-state index contributed by atoms with van der Waals surface area (Å²) in [6, 6.07) is 1.77. The Morgan fingerprint density at radius 1 is 1.23 bits per heavy atom. The average molecular weight is 365 g/mol. The molecule has 0 aliphatic carbocycles. The van der Waals surface area contributed by atoms with Crippen LogP contribution in [0.3, 0.4) is 0 Å². The number of ether oxygens (including phenoxy) is 1. The van der Waals surface area contributed by atoms with Crippen LogP contribution in [0, 0.1) is 0 Å². The van der Waals surface area contributed by atoms with Gasteiger partial charge in [-0.05, 0) is 36.5 Å². The summed E-state index contributed by atoms with van der Waals surface area (Å²) in [4.78, 5) is 15.1. The summed E-state index contributed by atoms with van der Waals surface area (Å²) in [5.41, 5.74) is 1.48. The van der Waals surface area contributed by atoms with E-state index in [1.807, 2.05) is 0 Å². The molecule has 0 fully saturated rings. The number of rotatable bonds is 12. The summed E-state index contributed by atoms with van der Waals surface area (Å²) in [5, 5.41) is 30.4. The number of carbonyl (C=O) groups excluding carboxylic acids is 1. The molecule has 1 aromatic heterocycles. The van der Waals surface area contributed by atoms with Crippen LogP contribution in [0.15, 0.2) is 24.5 Å². The molecule has 0 saturated heterocycles. The zero-order valence-corrected chi connectivity index (χ0v) is 15.7. The number of unbranched alkanes of at least 4 members (excludes halogenated alkanes) is 2. The van der Waals surface area contributed by atoms with Gasteiger partial charge in [-0.15, -0.1) is 0 Å². The van der Waals surface area contributed by atoms with Crippen molar-refractivity contribution in [3.05, 3.63) is 35.7 Å². The van der Waals surface area contributed by atoms with E-state index >= 15 is 0 Å². The lowest BCUT2D eigenvalue weighted by Gasteiger charge is -2.15. The van der Waals surface area contributed by atoms with Gasteiger partial charge in [0.2, 0.25) is 0 Å². The van der Waals surface area contributed by atoms with Gasteiger partial charge in [-0.3, -0.25) is 9.78 Å². The van der Waals surface area contributed by atoms with Gasteiger partial charge < -0.3 is 20.1 Å². The number of aliphatic hydroxyl groups excluding tert-OH is 3. The van der Waals surface area contributed by atoms with Crippen molar-refractivity contribution >= 4 is 12.0 Å². The van der Waals surface area contributed by atoms with Gasteiger partial charge >= 0.3 is 5.97 Å². The number of methoxy groups -OCH3 is 1. The van der Waals surface area contributed by atoms with E-state index in [1.54, 1.807) is 24.5 Å². The predicted octanol–water partition coefficient (Wildman–Crippen LogP) is 2.77. The maximum Gasteiger partial charge on any atom is 0.305 e. The molecule has 0 aliphatic rings. The third kappa shape index (κ3) is 8.08. The molecular weight excluding hydrogens is 334 g/mol. The van der Waals surface area contributed by atoms with Crippen LogP contribution in [0.1, 0.15) is 69.1 Å². The van der Waals surface area contributed by atoms with Crippen molar-refractivity contribution in [3.8, 4) is 0 Å². The number of hydrogen-bond donors (Lipinski definition) is 3. The highest BCUT2D eigenvalue weighted by atomic mass is 16.5. The fraction of sp³-hybridized carbons (Fsp3) is 0.600. The van der Waals surface area contributed by atoms with Crippen molar-refractivity contribution < 1.29 is 24.9 Å². The van der Waals surface area contributed by atoms with Gasteiger partial charge in [0.15, 0.2) is 0 Å². The summed E-state index contributed by atoms with van der Waals surface area (Å²) in [5.74, 6) is -0.334. The molecule has 26 heavy (non-hydrogen) atoms. The normalized spacial score (nSPS) is 15.0. The molecule has 1 aromatic rings. The first-order chi connectivity index (χ1) is 12.5. The predicted molar refractivity (Wildman–Crippen MR) is 100 cm³/mol. The smallest absolute Gasteiger partial charge is 0.305 e. The fourth-order valence-corrected chi connectivity index (χ4v) is 2.66. The second-order valence-corrected chi connectivity index (χ2v) is 6.40.